The number of aryl methyl sites for hydroxylation is 1. The van der Waals surface area contributed by atoms with Gasteiger partial charge in [0, 0.05) is 30.4 Å². The average molecular weight is 500 g/mol. The Morgan fingerprint density at radius 2 is 1.76 bits per heavy atom. The molecule has 1 aliphatic heterocycles. The highest BCUT2D eigenvalue weighted by Gasteiger charge is 2.32. The van der Waals surface area contributed by atoms with Gasteiger partial charge in [-0.15, -0.1) is 12.4 Å². The number of nitrogens with zero attached hydrogens (tertiary/aromatic N) is 2. The van der Waals surface area contributed by atoms with E-state index in [4.69, 9.17) is 4.99 Å². The lowest BCUT2D eigenvalue weighted by Gasteiger charge is -2.27. The number of hydrogen-bond acceptors (Lipinski definition) is 3. The van der Waals surface area contributed by atoms with Gasteiger partial charge in [0.15, 0.2) is 5.17 Å². The number of carbonyl (C=O) groups excluding carboxylic acids is 1. The van der Waals surface area contributed by atoms with Crippen molar-refractivity contribution in [3.05, 3.63) is 65.7 Å². The molecule has 0 spiro atoms. The maximum atomic E-state index is 12.9. The van der Waals surface area contributed by atoms with E-state index in [-0.39, 0.29) is 24.4 Å². The third-order valence-electron chi connectivity index (χ3n) is 6.63. The fraction of sp³-hybridized carbons (Fsp3) is 0.500. The van der Waals surface area contributed by atoms with Crippen LogP contribution in [-0.4, -0.2) is 33.8 Å². The Kier molecular flexibility index (Phi) is 10.8. The van der Waals surface area contributed by atoms with Crippen molar-refractivity contribution in [2.75, 3.05) is 11.1 Å². The molecule has 4 nitrogen and oxygen atoms in total. The number of carbonyl (C=O) groups is 1. The summed E-state index contributed by atoms with van der Waals surface area (Å²) in [6.45, 7) is 3.02. The van der Waals surface area contributed by atoms with Gasteiger partial charge in [0.05, 0.1) is 6.04 Å². The lowest BCUT2D eigenvalue weighted by atomic mass is 9.96. The van der Waals surface area contributed by atoms with E-state index in [1.165, 1.54) is 56.1 Å². The summed E-state index contributed by atoms with van der Waals surface area (Å²) in [5.74, 6) is 1.00. The zero-order valence-corrected chi connectivity index (χ0v) is 21.9. The van der Waals surface area contributed by atoms with Crippen molar-refractivity contribution in [2.24, 2.45) is 4.99 Å². The Labute approximate surface area is 215 Å². The van der Waals surface area contributed by atoms with Crippen LogP contribution >= 0.6 is 24.2 Å². The number of nitrogens with one attached hydrogen (secondary N) is 1. The summed E-state index contributed by atoms with van der Waals surface area (Å²) in [7, 11) is 0. The van der Waals surface area contributed by atoms with Gasteiger partial charge in [0.2, 0.25) is 5.91 Å². The molecule has 1 saturated carbocycles. The first-order valence-corrected chi connectivity index (χ1v) is 13.6. The molecule has 1 atom stereocenters. The van der Waals surface area contributed by atoms with Crippen LogP contribution in [0.3, 0.4) is 0 Å². The second-order valence-electron chi connectivity index (χ2n) is 9.33. The molecular formula is C28H38ClN3OS. The monoisotopic (exact) mass is 499 g/mol. The number of unbranched alkanes of at least 4 members (excludes halogenated alkanes) is 1. The van der Waals surface area contributed by atoms with Gasteiger partial charge in [-0.3, -0.25) is 9.79 Å². The summed E-state index contributed by atoms with van der Waals surface area (Å²) < 4.78 is 0. The van der Waals surface area contributed by atoms with Crippen LogP contribution in [0.5, 0.6) is 0 Å². The van der Waals surface area contributed by atoms with E-state index in [1.54, 1.807) is 0 Å². The zero-order valence-electron chi connectivity index (χ0n) is 20.2. The van der Waals surface area contributed by atoms with Gasteiger partial charge >= 0.3 is 0 Å². The van der Waals surface area contributed by atoms with Gasteiger partial charge in [-0.25, -0.2) is 0 Å². The lowest BCUT2D eigenvalue weighted by Crippen LogP contribution is -2.37. The van der Waals surface area contributed by atoms with E-state index in [0.29, 0.717) is 12.5 Å². The molecule has 1 N–H and O–H groups in total. The summed E-state index contributed by atoms with van der Waals surface area (Å²) in [4.78, 5) is 20.5. The van der Waals surface area contributed by atoms with Gasteiger partial charge in [-0.1, -0.05) is 86.8 Å². The van der Waals surface area contributed by atoms with E-state index in [1.807, 2.05) is 23.9 Å². The van der Waals surface area contributed by atoms with Crippen molar-refractivity contribution in [1.82, 2.24) is 4.90 Å². The molecule has 0 radical (unpaired) electrons. The second-order valence-corrected chi connectivity index (χ2v) is 10.3. The number of amides is 1. The first-order valence-electron chi connectivity index (χ1n) is 12.6. The molecule has 184 valence electrons. The lowest BCUT2D eigenvalue weighted by molar-refractivity contribution is -0.116. The minimum atomic E-state index is 0. The predicted octanol–water partition coefficient (Wildman–Crippen LogP) is 7.09. The zero-order chi connectivity index (χ0) is 22.9. The summed E-state index contributed by atoms with van der Waals surface area (Å²) in [5, 5.41) is 4.25. The number of anilines is 1. The van der Waals surface area contributed by atoms with Crippen molar-refractivity contribution in [3.8, 4) is 0 Å². The van der Waals surface area contributed by atoms with E-state index in [9.17, 15) is 4.79 Å². The summed E-state index contributed by atoms with van der Waals surface area (Å²) >= 11 is 1.83. The number of rotatable bonds is 9. The predicted molar refractivity (Wildman–Crippen MR) is 148 cm³/mol. The van der Waals surface area contributed by atoms with Crippen LogP contribution in [-0.2, 0) is 17.8 Å². The second kappa shape index (κ2) is 13.8. The van der Waals surface area contributed by atoms with Gasteiger partial charge < -0.3 is 10.2 Å². The standard InChI is InChI=1S/C28H37N3OS.ClH/c1-2-3-10-22-15-17-25(18-16-22)29-27(32)19-26-21-33-28(30-24-13-8-5-9-14-24)31(26)20-23-11-6-4-7-12-23;/h4,6-7,11-12,15-18,24,26H,2-3,5,8-10,13-14,19-21H2,1H3,(H,29,32);1H. The van der Waals surface area contributed by atoms with Crippen LogP contribution < -0.4 is 5.32 Å². The van der Waals surface area contributed by atoms with Crippen LogP contribution in [0.1, 0.15) is 69.4 Å². The highest BCUT2D eigenvalue weighted by atomic mass is 35.5. The van der Waals surface area contributed by atoms with Gasteiger partial charge in [0.25, 0.3) is 0 Å². The fourth-order valence-electron chi connectivity index (χ4n) is 4.69. The van der Waals surface area contributed by atoms with Gasteiger partial charge in [-0.05, 0) is 48.9 Å². The number of aliphatic imine (C=N–C) groups is 1. The van der Waals surface area contributed by atoms with E-state index in [2.05, 4.69) is 59.6 Å². The molecule has 34 heavy (non-hydrogen) atoms. The van der Waals surface area contributed by atoms with E-state index < -0.39 is 0 Å². The quantitative estimate of drug-likeness (QED) is 0.400. The van der Waals surface area contributed by atoms with Crippen molar-refractivity contribution in [3.63, 3.8) is 0 Å². The number of thioether (sulfide) groups is 1. The average Bonchev–Trinajstić information content (AvgIpc) is 3.20. The van der Waals surface area contributed by atoms with Crippen molar-refractivity contribution in [2.45, 2.75) is 83.3 Å². The largest absolute Gasteiger partial charge is 0.343 e. The fourth-order valence-corrected chi connectivity index (χ4v) is 5.93. The van der Waals surface area contributed by atoms with Crippen LogP contribution in [0.15, 0.2) is 59.6 Å². The summed E-state index contributed by atoms with van der Waals surface area (Å²) in [6, 6.07) is 19.5. The first kappa shape index (κ1) is 26.6. The molecule has 2 aromatic carbocycles. The summed E-state index contributed by atoms with van der Waals surface area (Å²) in [5.41, 5.74) is 3.49. The van der Waals surface area contributed by atoms with Crippen LogP contribution in [0.25, 0.3) is 0 Å². The molecule has 1 heterocycles. The molecule has 1 aliphatic carbocycles. The molecule has 2 aliphatic rings. The molecule has 1 unspecified atom stereocenters. The minimum Gasteiger partial charge on any atom is -0.343 e. The summed E-state index contributed by atoms with van der Waals surface area (Å²) in [6.07, 6.45) is 10.3. The smallest absolute Gasteiger partial charge is 0.226 e. The third kappa shape index (κ3) is 7.78. The van der Waals surface area contributed by atoms with Crippen molar-refractivity contribution >= 4 is 40.9 Å². The Bertz CT molecular complexity index is 913. The van der Waals surface area contributed by atoms with Crippen molar-refractivity contribution < 1.29 is 4.79 Å². The maximum absolute atomic E-state index is 12.9. The van der Waals surface area contributed by atoms with E-state index >= 15 is 0 Å². The first-order chi connectivity index (χ1) is 16.2. The molecule has 1 saturated heterocycles. The third-order valence-corrected chi connectivity index (χ3v) is 7.78. The molecule has 1 amide bonds. The number of benzene rings is 2. The van der Waals surface area contributed by atoms with Crippen LogP contribution in [0, 0.1) is 0 Å². The van der Waals surface area contributed by atoms with Crippen LogP contribution in [0.4, 0.5) is 5.69 Å². The normalized spacial score (nSPS) is 19.7. The SMILES string of the molecule is CCCCc1ccc(NC(=O)CC2CSC(=NC3CCCCC3)N2Cc2ccccc2)cc1.Cl. The van der Waals surface area contributed by atoms with Gasteiger partial charge in [0.1, 0.15) is 0 Å². The molecule has 0 bridgehead atoms. The number of hydrogen-bond donors (Lipinski definition) is 1. The Morgan fingerprint density at radius 1 is 1.03 bits per heavy atom. The topological polar surface area (TPSA) is 44.7 Å². The molecule has 2 aromatic rings. The van der Waals surface area contributed by atoms with E-state index in [0.717, 1.165) is 29.6 Å². The Morgan fingerprint density at radius 3 is 2.47 bits per heavy atom. The minimum absolute atomic E-state index is 0. The van der Waals surface area contributed by atoms with Crippen LogP contribution in [0.2, 0.25) is 0 Å². The molecular weight excluding hydrogens is 462 g/mol. The Balaban J connectivity index is 0.00000324. The van der Waals surface area contributed by atoms with Gasteiger partial charge in [-0.2, -0.15) is 0 Å². The van der Waals surface area contributed by atoms with Crippen molar-refractivity contribution in [1.29, 1.82) is 0 Å². The Hall–Kier alpha value is -1.98. The highest BCUT2D eigenvalue weighted by molar-refractivity contribution is 8.14. The molecule has 4 rings (SSSR count). The number of amidine groups is 1. The molecule has 2 fully saturated rings. The number of halogens is 1. The highest BCUT2D eigenvalue weighted by Crippen LogP contribution is 2.31. The maximum Gasteiger partial charge on any atom is 0.226 e. The molecule has 0 aromatic heterocycles. The molecule has 6 heteroatoms.